The van der Waals surface area contributed by atoms with E-state index in [4.69, 9.17) is 16.9 Å². The van der Waals surface area contributed by atoms with E-state index in [1.807, 2.05) is 0 Å². The molecule has 0 amide bonds. The molecule has 0 fully saturated rings. The second-order valence-electron chi connectivity index (χ2n) is 3.49. The van der Waals surface area contributed by atoms with Crippen LogP contribution in [0.2, 0.25) is 4.34 Å². The highest BCUT2D eigenvalue weighted by atomic mass is 35.5. The summed E-state index contributed by atoms with van der Waals surface area (Å²) >= 11 is 7.05. The number of nitriles is 1. The number of halogens is 1. The zero-order valence-corrected chi connectivity index (χ0v) is 11.9. The molecule has 19 heavy (non-hydrogen) atoms. The first kappa shape index (κ1) is 14.0. The number of hydrogen-bond donors (Lipinski definition) is 1. The van der Waals surface area contributed by atoms with E-state index >= 15 is 0 Å². The molecule has 5 nitrogen and oxygen atoms in total. The molecule has 0 saturated heterocycles. The highest BCUT2D eigenvalue weighted by Gasteiger charge is 2.19. The van der Waals surface area contributed by atoms with Gasteiger partial charge < -0.3 is 0 Å². The molecule has 1 N–H and O–H groups in total. The lowest BCUT2D eigenvalue weighted by molar-refractivity contribution is 0.581. The normalized spacial score (nSPS) is 11.2. The van der Waals surface area contributed by atoms with E-state index in [-0.39, 0.29) is 17.1 Å². The highest BCUT2D eigenvalue weighted by Crippen LogP contribution is 2.21. The molecule has 2 rings (SSSR count). The summed E-state index contributed by atoms with van der Waals surface area (Å²) in [6.07, 6.45) is 1.37. The third-order valence-corrected chi connectivity index (χ3v) is 4.90. The highest BCUT2D eigenvalue weighted by molar-refractivity contribution is 7.89. The minimum Gasteiger partial charge on any atom is -0.244 e. The summed E-state index contributed by atoms with van der Waals surface area (Å²) in [7, 11) is -3.76. The number of rotatable bonds is 4. The van der Waals surface area contributed by atoms with Crippen LogP contribution in [0.5, 0.6) is 0 Å². The van der Waals surface area contributed by atoms with Crippen molar-refractivity contribution in [2.45, 2.75) is 11.4 Å². The van der Waals surface area contributed by atoms with E-state index in [1.165, 1.54) is 29.7 Å². The summed E-state index contributed by atoms with van der Waals surface area (Å²) in [6.45, 7) is 0.124. The van der Waals surface area contributed by atoms with Gasteiger partial charge in [-0.2, -0.15) is 5.26 Å². The van der Waals surface area contributed by atoms with Gasteiger partial charge in [-0.3, -0.25) is 0 Å². The third kappa shape index (κ3) is 3.30. The van der Waals surface area contributed by atoms with Crippen LogP contribution >= 0.6 is 22.9 Å². The van der Waals surface area contributed by atoms with Crippen LogP contribution in [0.25, 0.3) is 0 Å². The summed E-state index contributed by atoms with van der Waals surface area (Å²) in [5.74, 6) is 0. The van der Waals surface area contributed by atoms with Crippen molar-refractivity contribution in [3.8, 4) is 6.07 Å². The van der Waals surface area contributed by atoms with Crippen LogP contribution in [0.3, 0.4) is 0 Å². The average Bonchev–Trinajstić information content (AvgIpc) is 2.82. The lowest BCUT2D eigenvalue weighted by atomic mass is 10.4. The Balaban J connectivity index is 2.21. The number of sulfonamides is 1. The molecule has 0 atom stereocenters. The minimum atomic E-state index is -3.76. The Hall–Kier alpha value is -1.46. The predicted molar refractivity (Wildman–Crippen MR) is 72.3 cm³/mol. The van der Waals surface area contributed by atoms with Gasteiger partial charge in [0, 0.05) is 17.6 Å². The Labute approximate surface area is 119 Å². The first-order chi connectivity index (χ1) is 9.03. The Morgan fingerprint density at radius 1 is 1.42 bits per heavy atom. The fourth-order valence-corrected chi connectivity index (χ4v) is 3.61. The lowest BCUT2D eigenvalue weighted by Crippen LogP contribution is -2.23. The van der Waals surface area contributed by atoms with Gasteiger partial charge in [0.1, 0.15) is 11.0 Å². The van der Waals surface area contributed by atoms with E-state index in [1.54, 1.807) is 18.2 Å². The van der Waals surface area contributed by atoms with Gasteiger partial charge >= 0.3 is 0 Å². The second kappa shape index (κ2) is 5.67. The van der Waals surface area contributed by atoms with E-state index in [2.05, 4.69) is 9.71 Å². The maximum atomic E-state index is 12.1. The van der Waals surface area contributed by atoms with E-state index in [0.29, 0.717) is 4.34 Å². The SMILES string of the molecule is N#Cc1ncccc1S(=O)(=O)NCc1ccc(Cl)s1. The van der Waals surface area contributed by atoms with E-state index in [0.717, 1.165) is 4.88 Å². The van der Waals surface area contributed by atoms with Crippen molar-refractivity contribution in [1.82, 2.24) is 9.71 Å². The van der Waals surface area contributed by atoms with Crippen LogP contribution in [0.15, 0.2) is 35.4 Å². The molecule has 0 aliphatic heterocycles. The zero-order chi connectivity index (χ0) is 13.9. The van der Waals surface area contributed by atoms with Crippen molar-refractivity contribution < 1.29 is 8.42 Å². The van der Waals surface area contributed by atoms with Crippen molar-refractivity contribution in [3.63, 3.8) is 0 Å². The smallest absolute Gasteiger partial charge is 0.243 e. The average molecular weight is 314 g/mol. The van der Waals surface area contributed by atoms with Crippen LogP contribution in [0.4, 0.5) is 0 Å². The fourth-order valence-electron chi connectivity index (χ4n) is 1.38. The summed E-state index contributed by atoms with van der Waals surface area (Å²) in [5.41, 5.74) is -0.126. The predicted octanol–water partition coefficient (Wildman–Crippen LogP) is 2.15. The number of aromatic nitrogens is 1. The maximum absolute atomic E-state index is 12.1. The summed E-state index contributed by atoms with van der Waals surface area (Å²) < 4.78 is 27.1. The zero-order valence-electron chi connectivity index (χ0n) is 9.50. The Bertz CT molecular complexity index is 734. The van der Waals surface area contributed by atoms with Gasteiger partial charge in [-0.1, -0.05) is 11.6 Å². The molecule has 0 aliphatic carbocycles. The van der Waals surface area contributed by atoms with Crippen molar-refractivity contribution in [1.29, 1.82) is 5.26 Å². The van der Waals surface area contributed by atoms with Crippen LogP contribution in [-0.2, 0) is 16.6 Å². The van der Waals surface area contributed by atoms with Gasteiger partial charge in [0.05, 0.1) is 4.34 Å². The molecule has 2 heterocycles. The monoisotopic (exact) mass is 313 g/mol. The second-order valence-corrected chi connectivity index (χ2v) is 7.03. The topological polar surface area (TPSA) is 82.8 Å². The Morgan fingerprint density at radius 2 is 2.21 bits per heavy atom. The molecule has 0 radical (unpaired) electrons. The number of nitrogens with zero attached hydrogens (tertiary/aromatic N) is 2. The maximum Gasteiger partial charge on any atom is 0.243 e. The van der Waals surface area contributed by atoms with Crippen molar-refractivity contribution in [2.75, 3.05) is 0 Å². The van der Waals surface area contributed by atoms with Crippen LogP contribution < -0.4 is 4.72 Å². The number of thiophene rings is 1. The molecular formula is C11H8ClN3O2S2. The Morgan fingerprint density at radius 3 is 2.84 bits per heavy atom. The largest absolute Gasteiger partial charge is 0.244 e. The molecule has 0 aromatic carbocycles. The molecule has 0 saturated carbocycles. The third-order valence-electron chi connectivity index (χ3n) is 2.23. The molecule has 0 bridgehead atoms. The molecule has 0 unspecified atom stereocenters. The molecular weight excluding hydrogens is 306 g/mol. The van der Waals surface area contributed by atoms with Crippen LogP contribution in [0.1, 0.15) is 10.6 Å². The van der Waals surface area contributed by atoms with Gasteiger partial charge in [-0.05, 0) is 24.3 Å². The van der Waals surface area contributed by atoms with Gasteiger partial charge in [-0.25, -0.2) is 18.1 Å². The molecule has 0 aliphatic rings. The van der Waals surface area contributed by atoms with E-state index < -0.39 is 10.0 Å². The Kier molecular flexibility index (Phi) is 4.17. The lowest BCUT2D eigenvalue weighted by Gasteiger charge is -2.06. The van der Waals surface area contributed by atoms with Crippen LogP contribution in [0, 0.1) is 11.3 Å². The van der Waals surface area contributed by atoms with Gasteiger partial charge in [0.15, 0.2) is 5.69 Å². The molecule has 2 aromatic heterocycles. The first-order valence-electron chi connectivity index (χ1n) is 5.12. The first-order valence-corrected chi connectivity index (χ1v) is 7.79. The van der Waals surface area contributed by atoms with Gasteiger partial charge in [0.25, 0.3) is 0 Å². The van der Waals surface area contributed by atoms with Crippen LogP contribution in [-0.4, -0.2) is 13.4 Å². The molecule has 8 heteroatoms. The van der Waals surface area contributed by atoms with E-state index in [9.17, 15) is 8.42 Å². The van der Waals surface area contributed by atoms with Crippen molar-refractivity contribution >= 4 is 33.0 Å². The van der Waals surface area contributed by atoms with Gasteiger partial charge in [0.2, 0.25) is 10.0 Å². The summed E-state index contributed by atoms with van der Waals surface area (Å²) in [4.78, 5) is 4.39. The fraction of sp³-hybridized carbons (Fsp3) is 0.0909. The number of nitrogens with one attached hydrogen (secondary N) is 1. The summed E-state index contributed by atoms with van der Waals surface area (Å²) in [6, 6.07) is 8.00. The molecule has 0 spiro atoms. The van der Waals surface area contributed by atoms with Crippen molar-refractivity contribution in [3.05, 3.63) is 45.4 Å². The number of pyridine rings is 1. The quantitative estimate of drug-likeness (QED) is 0.937. The van der Waals surface area contributed by atoms with Gasteiger partial charge in [-0.15, -0.1) is 11.3 Å². The van der Waals surface area contributed by atoms with Crippen molar-refractivity contribution in [2.24, 2.45) is 0 Å². The molecule has 98 valence electrons. The summed E-state index contributed by atoms with van der Waals surface area (Å²) in [5, 5.41) is 8.85. The standard InChI is InChI=1S/C11H8ClN3O2S2/c12-11-4-3-8(18-11)7-15-19(16,17)10-2-1-5-14-9(10)6-13/h1-5,15H,7H2. The number of hydrogen-bond acceptors (Lipinski definition) is 5. The minimum absolute atomic E-state index is 0.124. The molecule has 2 aromatic rings.